The third kappa shape index (κ3) is 5.00. The van der Waals surface area contributed by atoms with Crippen LogP contribution in [0.4, 0.5) is 10.6 Å². The second kappa shape index (κ2) is 10.3. The van der Waals surface area contributed by atoms with Gasteiger partial charge in [0.1, 0.15) is 5.52 Å². The Morgan fingerprint density at radius 1 is 1.09 bits per heavy atom. The molecule has 0 spiro atoms. The maximum Gasteiger partial charge on any atom is 0.318 e. The summed E-state index contributed by atoms with van der Waals surface area (Å²) in [6.45, 7) is 3.81. The molecular formula is C24H28N6O4. The second-order valence-electron chi connectivity index (χ2n) is 8.04. The summed E-state index contributed by atoms with van der Waals surface area (Å²) in [6, 6.07) is 12.2. The van der Waals surface area contributed by atoms with Crippen LogP contribution in [-0.4, -0.2) is 64.2 Å². The highest BCUT2D eigenvalue weighted by Crippen LogP contribution is 2.19. The van der Waals surface area contributed by atoms with Crippen LogP contribution >= 0.6 is 0 Å². The number of benzene rings is 1. The lowest BCUT2D eigenvalue weighted by atomic mass is 10.0. The zero-order valence-corrected chi connectivity index (χ0v) is 19.3. The minimum Gasteiger partial charge on any atom is -0.466 e. The highest BCUT2D eigenvalue weighted by molar-refractivity contribution is 5.77. The number of pyridine rings is 1. The minimum absolute atomic E-state index is 0.0502. The van der Waals surface area contributed by atoms with Crippen LogP contribution in [0.25, 0.3) is 11.2 Å². The van der Waals surface area contributed by atoms with Gasteiger partial charge in [0.25, 0.3) is 5.56 Å². The van der Waals surface area contributed by atoms with Crippen molar-refractivity contribution in [2.24, 2.45) is 7.05 Å². The van der Waals surface area contributed by atoms with Crippen LogP contribution in [0.15, 0.2) is 53.5 Å². The number of rotatable bonds is 6. The van der Waals surface area contributed by atoms with Gasteiger partial charge < -0.3 is 19.9 Å². The zero-order valence-electron chi connectivity index (χ0n) is 19.3. The van der Waals surface area contributed by atoms with Gasteiger partial charge in [-0.15, -0.1) is 0 Å². The van der Waals surface area contributed by atoms with E-state index in [0.29, 0.717) is 43.2 Å². The molecule has 1 aromatic carbocycles. The first kappa shape index (κ1) is 23.2. The predicted molar refractivity (Wildman–Crippen MR) is 128 cm³/mol. The van der Waals surface area contributed by atoms with Crippen LogP contribution in [0.2, 0.25) is 0 Å². The van der Waals surface area contributed by atoms with Crippen LogP contribution in [0.1, 0.15) is 24.9 Å². The Morgan fingerprint density at radius 2 is 1.82 bits per heavy atom. The van der Waals surface area contributed by atoms with Gasteiger partial charge >= 0.3 is 12.0 Å². The number of carbonyl (C=O) groups is 2. The molecule has 34 heavy (non-hydrogen) atoms. The van der Waals surface area contributed by atoms with Gasteiger partial charge in [0, 0.05) is 39.4 Å². The van der Waals surface area contributed by atoms with E-state index in [0.717, 1.165) is 5.56 Å². The maximum atomic E-state index is 13.0. The monoisotopic (exact) mass is 464 g/mol. The summed E-state index contributed by atoms with van der Waals surface area (Å²) >= 11 is 0. The van der Waals surface area contributed by atoms with E-state index in [1.54, 1.807) is 31.1 Å². The third-order valence-corrected chi connectivity index (χ3v) is 5.85. The van der Waals surface area contributed by atoms with Crippen molar-refractivity contribution in [2.45, 2.75) is 19.4 Å². The number of nitrogens with zero attached hydrogens (tertiary/aromatic N) is 5. The van der Waals surface area contributed by atoms with Crippen molar-refractivity contribution in [1.82, 2.24) is 24.8 Å². The van der Waals surface area contributed by atoms with E-state index in [1.165, 1.54) is 4.57 Å². The number of piperazine rings is 1. The zero-order chi connectivity index (χ0) is 24.1. The van der Waals surface area contributed by atoms with Gasteiger partial charge in [-0.3, -0.25) is 14.2 Å². The maximum absolute atomic E-state index is 13.0. The molecule has 10 nitrogen and oxygen atoms in total. The van der Waals surface area contributed by atoms with Gasteiger partial charge in [-0.05, 0) is 24.6 Å². The van der Waals surface area contributed by atoms with Crippen LogP contribution in [0.3, 0.4) is 0 Å². The Bertz CT molecular complexity index is 1220. The highest BCUT2D eigenvalue weighted by atomic mass is 16.5. The summed E-state index contributed by atoms with van der Waals surface area (Å²) in [5.41, 5.74) is 1.79. The molecule has 2 amide bonds. The number of amides is 2. The number of carbonyl (C=O) groups excluding carboxylic acids is 2. The van der Waals surface area contributed by atoms with Crippen molar-refractivity contribution in [1.29, 1.82) is 0 Å². The van der Waals surface area contributed by atoms with E-state index >= 15 is 0 Å². The van der Waals surface area contributed by atoms with E-state index in [9.17, 15) is 14.4 Å². The molecule has 0 radical (unpaired) electrons. The first-order chi connectivity index (χ1) is 16.5. The van der Waals surface area contributed by atoms with Crippen LogP contribution in [0.5, 0.6) is 0 Å². The number of fused-ring (bicyclic) bond motifs is 1. The average molecular weight is 465 g/mol. The molecule has 4 rings (SSSR count). The van der Waals surface area contributed by atoms with Gasteiger partial charge in [0.05, 0.1) is 19.1 Å². The summed E-state index contributed by atoms with van der Waals surface area (Å²) in [5, 5.41) is 2.97. The Labute approximate surface area is 197 Å². The lowest BCUT2D eigenvalue weighted by Crippen LogP contribution is -2.53. The molecule has 3 heterocycles. The van der Waals surface area contributed by atoms with E-state index in [1.807, 2.05) is 41.3 Å². The van der Waals surface area contributed by atoms with E-state index in [-0.39, 0.29) is 30.6 Å². The smallest absolute Gasteiger partial charge is 0.318 e. The van der Waals surface area contributed by atoms with Crippen molar-refractivity contribution < 1.29 is 14.3 Å². The summed E-state index contributed by atoms with van der Waals surface area (Å²) in [5.74, 6) is -0.0123. The van der Waals surface area contributed by atoms with Gasteiger partial charge in [-0.1, -0.05) is 30.3 Å². The first-order valence-electron chi connectivity index (χ1n) is 11.3. The molecule has 3 aromatic rings. The topological polar surface area (TPSA) is 110 Å². The quantitative estimate of drug-likeness (QED) is 0.555. The van der Waals surface area contributed by atoms with Gasteiger partial charge in [0.15, 0.2) is 11.5 Å². The van der Waals surface area contributed by atoms with Crippen LogP contribution in [0, 0.1) is 0 Å². The number of aryl methyl sites for hydroxylation is 1. The summed E-state index contributed by atoms with van der Waals surface area (Å²) in [6.07, 6.45) is 1.68. The lowest BCUT2D eigenvalue weighted by molar-refractivity contribution is -0.143. The predicted octanol–water partition coefficient (Wildman–Crippen LogP) is 1.85. The average Bonchev–Trinajstić information content (AvgIpc) is 2.86. The molecule has 1 aliphatic heterocycles. The number of hydrogen-bond acceptors (Lipinski definition) is 7. The lowest BCUT2D eigenvalue weighted by Gasteiger charge is -2.36. The second-order valence-corrected chi connectivity index (χ2v) is 8.04. The molecule has 10 heteroatoms. The Hall–Kier alpha value is -3.95. The van der Waals surface area contributed by atoms with Gasteiger partial charge in [0.2, 0.25) is 0 Å². The van der Waals surface area contributed by atoms with E-state index in [2.05, 4.69) is 15.3 Å². The number of esters is 1. The highest BCUT2D eigenvalue weighted by Gasteiger charge is 2.27. The molecule has 1 unspecified atom stereocenters. The molecule has 178 valence electrons. The van der Waals surface area contributed by atoms with Crippen LogP contribution < -0.4 is 15.8 Å². The molecule has 1 N–H and O–H groups in total. The largest absolute Gasteiger partial charge is 0.466 e. The van der Waals surface area contributed by atoms with Crippen molar-refractivity contribution >= 4 is 29.0 Å². The standard InChI is InChI=1S/C24H28N6O4/c1-3-34-20(31)16-19(17-8-5-4-6-9-17)27-24(33)30-14-12-29(13-15-30)22-23(32)28(2)21-18(26-22)10-7-11-25-21/h4-11,19H,3,12-16H2,1-2H3,(H,27,33). The molecule has 1 atom stereocenters. The van der Waals surface area contributed by atoms with Crippen molar-refractivity contribution in [3.63, 3.8) is 0 Å². The Morgan fingerprint density at radius 3 is 2.53 bits per heavy atom. The summed E-state index contributed by atoms with van der Waals surface area (Å²) in [7, 11) is 1.68. The van der Waals surface area contributed by atoms with Crippen molar-refractivity contribution in [2.75, 3.05) is 37.7 Å². The fraction of sp³-hybridized carbons (Fsp3) is 0.375. The first-order valence-corrected chi connectivity index (χ1v) is 11.3. The normalized spacial score (nSPS) is 14.6. The Kier molecular flexibility index (Phi) is 7.05. The van der Waals surface area contributed by atoms with E-state index in [4.69, 9.17) is 4.74 Å². The molecule has 1 fully saturated rings. The number of nitrogens with one attached hydrogen (secondary N) is 1. The molecule has 1 aliphatic rings. The summed E-state index contributed by atoms with van der Waals surface area (Å²) < 4.78 is 6.58. The third-order valence-electron chi connectivity index (χ3n) is 5.85. The van der Waals surface area contributed by atoms with Crippen molar-refractivity contribution in [3.8, 4) is 0 Å². The minimum atomic E-state index is -0.493. The van der Waals surface area contributed by atoms with E-state index < -0.39 is 6.04 Å². The van der Waals surface area contributed by atoms with Gasteiger partial charge in [-0.2, -0.15) is 0 Å². The summed E-state index contributed by atoms with van der Waals surface area (Å²) in [4.78, 5) is 50.3. The number of urea groups is 1. The van der Waals surface area contributed by atoms with Crippen molar-refractivity contribution in [3.05, 3.63) is 64.6 Å². The fourth-order valence-corrected chi connectivity index (χ4v) is 4.03. The molecular weight excluding hydrogens is 436 g/mol. The molecule has 0 bridgehead atoms. The number of hydrogen-bond donors (Lipinski definition) is 1. The van der Waals surface area contributed by atoms with Gasteiger partial charge in [-0.25, -0.2) is 14.8 Å². The SMILES string of the molecule is CCOC(=O)CC(NC(=O)N1CCN(c2nc3cccnc3n(C)c2=O)CC1)c1ccccc1. The van der Waals surface area contributed by atoms with Crippen LogP contribution in [-0.2, 0) is 16.6 Å². The number of ether oxygens (including phenoxy) is 1. The fourth-order valence-electron chi connectivity index (χ4n) is 4.03. The number of anilines is 1. The molecule has 0 aliphatic carbocycles. The Balaban J connectivity index is 1.44. The molecule has 1 saturated heterocycles. The molecule has 0 saturated carbocycles. The number of aromatic nitrogens is 3. The molecule has 2 aromatic heterocycles.